The zero-order valence-corrected chi connectivity index (χ0v) is 35.5. The number of anilines is 2. The Morgan fingerprint density at radius 3 is 1.72 bits per heavy atom. The Balaban J connectivity index is 1.33. The summed E-state index contributed by atoms with van der Waals surface area (Å²) in [4.78, 5) is 110. The maximum Gasteiger partial charge on any atom is 0.340 e. The molecule has 0 aromatic heterocycles. The minimum absolute atomic E-state index is 0.0441. The van der Waals surface area contributed by atoms with Crippen LogP contribution in [0.5, 0.6) is 11.5 Å². The summed E-state index contributed by atoms with van der Waals surface area (Å²) in [6.07, 6.45) is 1.66. The summed E-state index contributed by atoms with van der Waals surface area (Å²) in [5, 5.41) is 33.9. The lowest BCUT2D eigenvalue weighted by Gasteiger charge is -2.37. The van der Waals surface area contributed by atoms with Crippen LogP contribution in [0, 0.1) is 5.92 Å². The van der Waals surface area contributed by atoms with Gasteiger partial charge in [0.2, 0.25) is 35.4 Å². The van der Waals surface area contributed by atoms with Gasteiger partial charge in [0.25, 0.3) is 0 Å². The molecule has 0 bridgehead atoms. The molecule has 3 unspecified atom stereocenters. The second-order valence-corrected chi connectivity index (χ2v) is 15.5. The number of fused-ring (bicyclic) bond motifs is 6. The van der Waals surface area contributed by atoms with Crippen molar-refractivity contribution in [2.24, 2.45) is 5.92 Å². The molecule has 5 rings (SSSR count). The number of carbonyl (C=O) groups excluding carboxylic acids is 7. The molecule has 0 aliphatic carbocycles. The van der Waals surface area contributed by atoms with E-state index in [1.807, 2.05) is 0 Å². The third-order valence-electron chi connectivity index (χ3n) is 10.6. The van der Waals surface area contributed by atoms with Crippen LogP contribution in [-0.2, 0) is 48.7 Å². The number of esters is 1. The summed E-state index contributed by atoms with van der Waals surface area (Å²) in [7, 11) is 0. The average molecular weight is 885 g/mol. The summed E-state index contributed by atoms with van der Waals surface area (Å²) in [6.45, 7) is 3.21. The molecule has 0 saturated carbocycles. The fourth-order valence-electron chi connectivity index (χ4n) is 7.47. The molecule has 3 atom stereocenters. The van der Waals surface area contributed by atoms with Crippen molar-refractivity contribution in [3.8, 4) is 11.5 Å². The van der Waals surface area contributed by atoms with Crippen LogP contribution < -0.4 is 36.6 Å². The first-order chi connectivity index (χ1) is 30.6. The highest BCUT2D eigenvalue weighted by Gasteiger charge is 2.53. The van der Waals surface area contributed by atoms with Crippen LogP contribution in [0.4, 0.5) is 11.4 Å². The van der Waals surface area contributed by atoms with Crippen LogP contribution in [0.1, 0.15) is 105 Å². The molecule has 2 aliphatic heterocycles. The van der Waals surface area contributed by atoms with E-state index in [9.17, 15) is 43.2 Å². The number of rotatable bonds is 23. The molecule has 6 amide bonds. The number of carboxylic acids is 2. The van der Waals surface area contributed by atoms with Crippen molar-refractivity contribution >= 4 is 64.7 Å². The molecule has 1 spiro atoms. The third-order valence-corrected chi connectivity index (χ3v) is 10.6. The Labute approximate surface area is 368 Å². The van der Waals surface area contributed by atoms with Gasteiger partial charge in [-0.1, -0.05) is 24.6 Å². The molecular weight excluding hydrogens is 833 g/mol. The van der Waals surface area contributed by atoms with Crippen LogP contribution in [0.3, 0.4) is 0 Å². The molecule has 2 heterocycles. The van der Waals surface area contributed by atoms with E-state index >= 15 is 0 Å². The maximum atomic E-state index is 13.7. The molecule has 340 valence electrons. The van der Waals surface area contributed by atoms with E-state index in [0.29, 0.717) is 65.7 Å². The lowest BCUT2D eigenvalue weighted by atomic mass is 9.77. The van der Waals surface area contributed by atoms with Gasteiger partial charge in [-0.15, -0.1) is 0 Å². The lowest BCUT2D eigenvalue weighted by molar-refractivity contribution is -0.139. The number of benzene rings is 3. The van der Waals surface area contributed by atoms with Crippen molar-refractivity contribution in [1.82, 2.24) is 21.3 Å². The number of nitrogens with one attached hydrogen (secondary N) is 6. The van der Waals surface area contributed by atoms with Gasteiger partial charge in [0.1, 0.15) is 17.5 Å². The number of amides is 6. The highest BCUT2D eigenvalue weighted by Crippen LogP contribution is 2.56. The minimum Gasteiger partial charge on any atom is -0.481 e. The van der Waals surface area contributed by atoms with Crippen LogP contribution in [0.15, 0.2) is 60.7 Å². The molecule has 2 aliphatic rings. The van der Waals surface area contributed by atoms with Crippen LogP contribution in [0.25, 0.3) is 0 Å². The van der Waals surface area contributed by atoms with Crippen molar-refractivity contribution in [3.05, 3.63) is 82.9 Å². The third kappa shape index (κ3) is 12.6. The molecule has 3 aromatic carbocycles. The topological polar surface area (TPSA) is 285 Å². The van der Waals surface area contributed by atoms with E-state index in [1.54, 1.807) is 60.7 Å². The summed E-state index contributed by atoms with van der Waals surface area (Å²) < 4.78 is 12.7. The first-order valence-corrected chi connectivity index (χ1v) is 21.0. The van der Waals surface area contributed by atoms with E-state index in [4.69, 9.17) is 19.7 Å². The summed E-state index contributed by atoms with van der Waals surface area (Å²) >= 11 is 0. The van der Waals surface area contributed by atoms with Crippen molar-refractivity contribution < 1.29 is 62.8 Å². The first-order valence-electron chi connectivity index (χ1n) is 21.0. The quantitative estimate of drug-likeness (QED) is 0.0499. The zero-order chi connectivity index (χ0) is 46.4. The van der Waals surface area contributed by atoms with E-state index in [2.05, 4.69) is 31.9 Å². The normalized spacial score (nSPS) is 15.1. The summed E-state index contributed by atoms with van der Waals surface area (Å²) in [6, 6.07) is 15.8. The SMILES string of the molecule is CC(=O)NCC(CCCCNC(=O)CCC(=O)O)C(=O)Nc1ccc2c(c1)Oc1cc(NC(=O)C(CCCCNC(=O)CCC(=O)O)NC(C)=O)ccc1C21OC(=O)c2ccccc21. The second kappa shape index (κ2) is 22.2. The molecule has 19 nitrogen and oxygen atoms in total. The molecule has 19 heteroatoms. The van der Waals surface area contributed by atoms with Gasteiger partial charge in [0.05, 0.1) is 24.3 Å². The standard InChI is InChI=1S/C45H52N6O13/c1-26(52)48-25-28(9-5-7-21-46-38(54)17-19-40(56)57)42(60)50-29-13-15-33-36(23-29)63-37-24-30(14-16-34(37)45(33)32-11-4-3-10-31(32)44(62)64-45)51-43(61)35(49-27(2)53)12-6-8-22-47-39(55)18-20-41(58)59/h3-4,10-11,13-16,23-24,28,35H,5-9,12,17-22,25H2,1-2H3,(H,46,54)(H,47,55)(H,48,52)(H,49,53)(H,50,60)(H,51,61)(H,56,57)(H,58,59). The van der Waals surface area contributed by atoms with E-state index < -0.39 is 59.1 Å². The maximum absolute atomic E-state index is 13.7. The monoisotopic (exact) mass is 884 g/mol. The van der Waals surface area contributed by atoms with Crippen LogP contribution in [-0.4, -0.2) is 89.2 Å². The molecule has 3 aromatic rings. The van der Waals surface area contributed by atoms with Gasteiger partial charge < -0.3 is 51.6 Å². The summed E-state index contributed by atoms with van der Waals surface area (Å²) in [5.74, 6) is -5.38. The van der Waals surface area contributed by atoms with Crippen molar-refractivity contribution in [2.45, 2.75) is 89.7 Å². The van der Waals surface area contributed by atoms with E-state index in [0.717, 1.165) is 0 Å². The minimum atomic E-state index is -1.47. The number of carbonyl (C=O) groups is 9. The van der Waals surface area contributed by atoms with Gasteiger partial charge in [-0.25, -0.2) is 4.79 Å². The number of hydrogen-bond acceptors (Lipinski definition) is 11. The number of ether oxygens (including phenoxy) is 2. The fraction of sp³-hybridized carbons (Fsp3) is 0.400. The molecule has 0 radical (unpaired) electrons. The Morgan fingerprint density at radius 2 is 1.17 bits per heavy atom. The molecule has 8 N–H and O–H groups in total. The predicted molar refractivity (Wildman–Crippen MR) is 229 cm³/mol. The van der Waals surface area contributed by atoms with Crippen LogP contribution in [0.2, 0.25) is 0 Å². The Bertz CT molecular complexity index is 2300. The highest BCUT2D eigenvalue weighted by molar-refractivity contribution is 5.99. The number of unbranched alkanes of at least 4 members (excludes halogenated alkanes) is 2. The van der Waals surface area contributed by atoms with Gasteiger partial charge in [-0.2, -0.15) is 0 Å². The van der Waals surface area contributed by atoms with Gasteiger partial charge in [0.15, 0.2) is 5.60 Å². The largest absolute Gasteiger partial charge is 0.481 e. The van der Waals surface area contributed by atoms with Gasteiger partial charge in [-0.3, -0.25) is 38.4 Å². The molecule has 0 fully saturated rings. The Hall–Kier alpha value is -7.31. The fourth-order valence-corrected chi connectivity index (χ4v) is 7.47. The molecule has 64 heavy (non-hydrogen) atoms. The molecular formula is C45H52N6O13. The van der Waals surface area contributed by atoms with Crippen LogP contribution >= 0.6 is 0 Å². The smallest absolute Gasteiger partial charge is 0.340 e. The van der Waals surface area contributed by atoms with Crippen molar-refractivity contribution in [1.29, 1.82) is 0 Å². The first kappa shape index (κ1) is 47.7. The Kier molecular flexibility index (Phi) is 16.5. The number of hydrogen-bond donors (Lipinski definition) is 8. The Morgan fingerprint density at radius 1 is 0.625 bits per heavy atom. The van der Waals surface area contributed by atoms with Gasteiger partial charge in [0, 0.05) is 86.5 Å². The highest BCUT2D eigenvalue weighted by atomic mass is 16.6. The zero-order valence-electron chi connectivity index (χ0n) is 35.5. The van der Waals surface area contributed by atoms with Crippen molar-refractivity contribution in [3.63, 3.8) is 0 Å². The van der Waals surface area contributed by atoms with Crippen molar-refractivity contribution in [2.75, 3.05) is 30.3 Å². The van der Waals surface area contributed by atoms with Gasteiger partial charge in [-0.05, 0) is 62.4 Å². The number of aliphatic carboxylic acids is 2. The second-order valence-electron chi connectivity index (χ2n) is 15.5. The van der Waals surface area contributed by atoms with E-state index in [1.165, 1.54) is 13.8 Å². The average Bonchev–Trinajstić information content (AvgIpc) is 3.53. The lowest BCUT2D eigenvalue weighted by Crippen LogP contribution is -2.43. The summed E-state index contributed by atoms with van der Waals surface area (Å²) in [5.41, 5.74) is 0.987. The molecule has 0 saturated heterocycles. The van der Waals surface area contributed by atoms with E-state index in [-0.39, 0.29) is 75.1 Å². The van der Waals surface area contributed by atoms with Gasteiger partial charge >= 0.3 is 17.9 Å². The number of carboxylic acid groups (broad SMARTS) is 2. The predicted octanol–water partition coefficient (Wildman–Crippen LogP) is 3.69.